The summed E-state index contributed by atoms with van der Waals surface area (Å²) >= 11 is 0. The average Bonchev–Trinajstić information content (AvgIpc) is 2.41. The number of benzene rings is 2. The van der Waals surface area contributed by atoms with Crippen molar-refractivity contribution in [1.82, 2.24) is 0 Å². The van der Waals surface area contributed by atoms with Crippen molar-refractivity contribution >= 4 is 5.76 Å². The molecule has 2 rings (SSSR count). The third kappa shape index (κ3) is 3.49. The van der Waals surface area contributed by atoms with Crippen molar-refractivity contribution in [2.24, 2.45) is 0 Å². The Labute approximate surface area is 102 Å². The molecule has 2 aromatic carbocycles. The molecule has 0 atom stereocenters. The molecule has 1 radical (unpaired) electrons. The van der Waals surface area contributed by atoms with Crippen LogP contribution in [-0.2, 0) is 0 Å². The van der Waals surface area contributed by atoms with Crippen LogP contribution in [0.4, 0.5) is 0 Å². The van der Waals surface area contributed by atoms with E-state index in [1.54, 1.807) is 6.08 Å². The van der Waals surface area contributed by atoms with Crippen molar-refractivity contribution in [3.63, 3.8) is 0 Å². The lowest BCUT2D eigenvalue weighted by Gasteiger charge is -2.11. The van der Waals surface area contributed by atoms with Crippen LogP contribution in [-0.4, -0.2) is 0 Å². The highest BCUT2D eigenvalue weighted by atomic mass is 16.3. The predicted molar refractivity (Wildman–Crippen MR) is 68.9 cm³/mol. The summed E-state index contributed by atoms with van der Waals surface area (Å²) in [5.74, 6) is 0.0813. The average molecular weight is 222 g/mol. The Kier molecular flexibility index (Phi) is 3.98. The largest absolute Gasteiger partial charge is 0.872 e. The maximum Gasteiger partial charge on any atom is -0.00557 e. The standard InChI is InChI=1S/C16H15O/c17-16(15-11-5-2-6-12-15)13-7-10-14-8-3-1-4-9-14/h1-6,8-13,17H,7H2/p-1/b16-13-. The highest BCUT2D eigenvalue weighted by molar-refractivity contribution is 5.56. The Morgan fingerprint density at radius 2 is 1.47 bits per heavy atom. The van der Waals surface area contributed by atoms with Gasteiger partial charge >= 0.3 is 0 Å². The quantitative estimate of drug-likeness (QED) is 0.729. The number of hydrogen-bond donors (Lipinski definition) is 0. The lowest BCUT2D eigenvalue weighted by atomic mass is 10.1. The second kappa shape index (κ2) is 5.90. The summed E-state index contributed by atoms with van der Waals surface area (Å²) < 4.78 is 0. The highest BCUT2D eigenvalue weighted by Crippen LogP contribution is 2.11. The Balaban J connectivity index is 1.93. The Bertz CT molecular complexity index is 471. The first kappa shape index (κ1) is 11.5. The van der Waals surface area contributed by atoms with Gasteiger partial charge in [-0.2, -0.15) is 0 Å². The molecule has 0 saturated carbocycles. The van der Waals surface area contributed by atoms with Gasteiger partial charge in [0, 0.05) is 0 Å². The first-order chi connectivity index (χ1) is 8.36. The van der Waals surface area contributed by atoms with Crippen LogP contribution in [0.15, 0.2) is 66.7 Å². The maximum absolute atomic E-state index is 11.8. The zero-order valence-electron chi connectivity index (χ0n) is 9.54. The van der Waals surface area contributed by atoms with Gasteiger partial charge in [0.2, 0.25) is 0 Å². The molecule has 1 heteroatoms. The number of allylic oxidation sites excluding steroid dienone is 1. The van der Waals surface area contributed by atoms with Crippen LogP contribution in [0.1, 0.15) is 17.5 Å². The van der Waals surface area contributed by atoms with Gasteiger partial charge in [-0.3, -0.25) is 0 Å². The zero-order valence-corrected chi connectivity index (χ0v) is 9.54. The van der Waals surface area contributed by atoms with Gasteiger partial charge in [-0.15, -0.1) is 5.76 Å². The molecule has 0 amide bonds. The summed E-state index contributed by atoms with van der Waals surface area (Å²) in [6.07, 6.45) is 4.42. The van der Waals surface area contributed by atoms with Crippen molar-refractivity contribution in [1.29, 1.82) is 0 Å². The molecule has 0 aliphatic rings. The van der Waals surface area contributed by atoms with E-state index in [1.807, 2.05) is 67.1 Å². The monoisotopic (exact) mass is 222 g/mol. The molecule has 0 aliphatic carbocycles. The normalized spacial score (nSPS) is 11.4. The Morgan fingerprint density at radius 3 is 2.12 bits per heavy atom. The molecule has 0 spiro atoms. The van der Waals surface area contributed by atoms with E-state index in [4.69, 9.17) is 0 Å². The van der Waals surface area contributed by atoms with E-state index in [2.05, 4.69) is 0 Å². The first-order valence-electron chi connectivity index (χ1n) is 5.67. The smallest absolute Gasteiger partial charge is 0.00557 e. The Morgan fingerprint density at radius 1 is 0.882 bits per heavy atom. The molecule has 85 valence electrons. The number of hydrogen-bond acceptors (Lipinski definition) is 1. The van der Waals surface area contributed by atoms with Gasteiger partial charge in [0.1, 0.15) is 0 Å². The minimum Gasteiger partial charge on any atom is -0.872 e. The van der Waals surface area contributed by atoms with Crippen LogP contribution in [0.2, 0.25) is 0 Å². The van der Waals surface area contributed by atoms with E-state index >= 15 is 0 Å². The van der Waals surface area contributed by atoms with Crippen molar-refractivity contribution < 1.29 is 5.11 Å². The Hall–Kier alpha value is -2.02. The van der Waals surface area contributed by atoms with Crippen LogP contribution in [0.5, 0.6) is 0 Å². The van der Waals surface area contributed by atoms with Crippen molar-refractivity contribution in [3.8, 4) is 0 Å². The van der Waals surface area contributed by atoms with Crippen molar-refractivity contribution in [3.05, 3.63) is 84.3 Å². The third-order valence-corrected chi connectivity index (χ3v) is 2.51. The molecular weight excluding hydrogens is 208 g/mol. The minimum atomic E-state index is 0.0813. The van der Waals surface area contributed by atoms with Gasteiger partial charge in [0.25, 0.3) is 0 Å². The summed E-state index contributed by atoms with van der Waals surface area (Å²) in [5.41, 5.74) is 1.89. The van der Waals surface area contributed by atoms with E-state index in [-0.39, 0.29) is 5.76 Å². The molecule has 0 bridgehead atoms. The zero-order chi connectivity index (χ0) is 11.9. The molecule has 0 aromatic heterocycles. The minimum absolute atomic E-state index is 0.0813. The molecule has 0 aliphatic heterocycles. The molecule has 17 heavy (non-hydrogen) atoms. The third-order valence-electron chi connectivity index (χ3n) is 2.51. The van der Waals surface area contributed by atoms with E-state index in [0.29, 0.717) is 6.42 Å². The molecule has 0 N–H and O–H groups in total. The topological polar surface area (TPSA) is 23.1 Å². The van der Waals surface area contributed by atoms with Crippen LogP contribution in [0.25, 0.3) is 5.76 Å². The van der Waals surface area contributed by atoms with E-state index in [9.17, 15) is 5.11 Å². The summed E-state index contributed by atoms with van der Waals surface area (Å²) in [5, 5.41) is 11.8. The molecule has 0 heterocycles. The van der Waals surface area contributed by atoms with E-state index in [0.717, 1.165) is 11.1 Å². The van der Waals surface area contributed by atoms with Gasteiger partial charge in [-0.25, -0.2) is 0 Å². The van der Waals surface area contributed by atoms with Gasteiger partial charge in [0.05, 0.1) is 0 Å². The van der Waals surface area contributed by atoms with E-state index in [1.165, 1.54) is 0 Å². The summed E-state index contributed by atoms with van der Waals surface area (Å²) in [6.45, 7) is 0. The van der Waals surface area contributed by atoms with Crippen molar-refractivity contribution in [2.75, 3.05) is 0 Å². The lowest BCUT2D eigenvalue weighted by molar-refractivity contribution is -0.244. The highest BCUT2D eigenvalue weighted by Gasteiger charge is 1.91. The number of rotatable bonds is 4. The fraction of sp³-hybridized carbons (Fsp3) is 0.0625. The van der Waals surface area contributed by atoms with Gasteiger partial charge in [-0.1, -0.05) is 66.7 Å². The van der Waals surface area contributed by atoms with Crippen LogP contribution < -0.4 is 5.11 Å². The van der Waals surface area contributed by atoms with Crippen molar-refractivity contribution in [2.45, 2.75) is 6.42 Å². The van der Waals surface area contributed by atoms with Crippen LogP contribution in [0, 0.1) is 6.42 Å². The first-order valence-corrected chi connectivity index (χ1v) is 5.67. The van der Waals surface area contributed by atoms with Gasteiger partial charge in [-0.05, 0) is 24.0 Å². The molecule has 2 aromatic rings. The molecule has 0 saturated heterocycles. The van der Waals surface area contributed by atoms with Crippen LogP contribution in [0.3, 0.4) is 0 Å². The SMILES string of the molecule is [O-]/C(=C\C[CH]c1ccccc1)c1ccccc1. The van der Waals surface area contributed by atoms with Crippen LogP contribution >= 0.6 is 0 Å². The van der Waals surface area contributed by atoms with E-state index < -0.39 is 0 Å². The molecule has 1 nitrogen and oxygen atoms in total. The second-order valence-corrected chi connectivity index (χ2v) is 3.78. The fourth-order valence-electron chi connectivity index (χ4n) is 1.61. The molecular formula is C16H14O-. The molecule has 0 fully saturated rings. The summed E-state index contributed by atoms with van der Waals surface area (Å²) in [6, 6.07) is 19.4. The second-order valence-electron chi connectivity index (χ2n) is 3.78. The maximum atomic E-state index is 11.8. The lowest BCUT2D eigenvalue weighted by Crippen LogP contribution is -2.01. The summed E-state index contributed by atoms with van der Waals surface area (Å²) in [7, 11) is 0. The summed E-state index contributed by atoms with van der Waals surface area (Å²) in [4.78, 5) is 0. The fourth-order valence-corrected chi connectivity index (χ4v) is 1.61. The van der Waals surface area contributed by atoms with Gasteiger partial charge in [0.15, 0.2) is 0 Å². The molecule has 0 unspecified atom stereocenters. The van der Waals surface area contributed by atoms with Gasteiger partial charge < -0.3 is 5.11 Å². The predicted octanol–water partition coefficient (Wildman–Crippen LogP) is 3.03.